The van der Waals surface area contributed by atoms with Gasteiger partial charge in [-0.05, 0) is 18.4 Å². The zero-order valence-corrected chi connectivity index (χ0v) is 18.9. The molecular formula is C23H29N3O4S. The number of amides is 1. The van der Waals surface area contributed by atoms with Crippen molar-refractivity contribution in [1.29, 1.82) is 5.26 Å². The van der Waals surface area contributed by atoms with Crippen LogP contribution in [0.2, 0.25) is 0 Å². The number of esters is 1. The maximum atomic E-state index is 12.1. The molecule has 0 atom stereocenters. The summed E-state index contributed by atoms with van der Waals surface area (Å²) in [5.41, 5.74) is 2.70. The van der Waals surface area contributed by atoms with Gasteiger partial charge in [0.25, 0.3) is 0 Å². The average molecular weight is 444 g/mol. The molecule has 1 aliphatic rings. The first-order valence-electron chi connectivity index (χ1n) is 9.89. The largest absolute Gasteiger partial charge is 0.469 e. The number of rotatable bonds is 9. The lowest BCUT2D eigenvalue weighted by Gasteiger charge is -2.26. The number of ether oxygens (including phenoxy) is 1. The zero-order chi connectivity index (χ0) is 23.2. The van der Waals surface area contributed by atoms with Crippen molar-refractivity contribution < 1.29 is 19.1 Å². The van der Waals surface area contributed by atoms with Gasteiger partial charge in [-0.3, -0.25) is 9.59 Å². The number of thiophene rings is 1. The molecule has 1 aromatic heterocycles. The number of hydrogen-bond acceptors (Lipinski definition) is 7. The van der Waals surface area contributed by atoms with Crippen molar-refractivity contribution >= 4 is 34.5 Å². The highest BCUT2D eigenvalue weighted by Crippen LogP contribution is 2.36. The molecule has 7 nitrogen and oxygen atoms in total. The molecule has 0 saturated carbocycles. The molecule has 2 rings (SSSR count). The van der Waals surface area contributed by atoms with Crippen molar-refractivity contribution in [2.24, 2.45) is 0 Å². The van der Waals surface area contributed by atoms with Crippen LogP contribution in [0.5, 0.6) is 0 Å². The Hall–Kier alpha value is -3.18. The maximum absolute atomic E-state index is 12.1. The van der Waals surface area contributed by atoms with Crippen LogP contribution in [0.3, 0.4) is 0 Å². The third-order valence-corrected chi connectivity index (χ3v) is 5.80. The topological polar surface area (TPSA) is 99.5 Å². The Bertz CT molecular complexity index is 880. The van der Waals surface area contributed by atoms with E-state index in [1.54, 1.807) is 18.0 Å². The van der Waals surface area contributed by atoms with Crippen LogP contribution in [0.15, 0.2) is 37.0 Å². The summed E-state index contributed by atoms with van der Waals surface area (Å²) in [6.45, 7) is 8.35. The van der Waals surface area contributed by atoms with Crippen molar-refractivity contribution in [2.75, 3.05) is 26.0 Å². The van der Waals surface area contributed by atoms with E-state index in [-0.39, 0.29) is 24.7 Å². The molecule has 0 aromatic carbocycles. The minimum atomic E-state index is -0.374. The number of nitrogens with one attached hydrogen (secondary N) is 1. The Morgan fingerprint density at radius 3 is 2.68 bits per heavy atom. The van der Waals surface area contributed by atoms with Gasteiger partial charge in [-0.1, -0.05) is 37.0 Å². The molecule has 1 aromatic rings. The van der Waals surface area contributed by atoms with Gasteiger partial charge in [0.15, 0.2) is 0 Å². The summed E-state index contributed by atoms with van der Waals surface area (Å²) < 4.78 is 4.54. The first-order valence-corrected chi connectivity index (χ1v) is 10.7. The Kier molecular flexibility index (Phi) is 11.6. The molecule has 0 fully saturated rings. The van der Waals surface area contributed by atoms with Gasteiger partial charge in [-0.25, -0.2) is 0 Å². The number of aldehydes is 1. The number of fused-ring (bicyclic) bond motifs is 1. The number of allylic oxidation sites excluding steroid dienone is 4. The van der Waals surface area contributed by atoms with Gasteiger partial charge >= 0.3 is 5.97 Å². The quantitative estimate of drug-likeness (QED) is 0.354. The summed E-state index contributed by atoms with van der Waals surface area (Å²) in [6.07, 6.45) is 8.50. The van der Waals surface area contributed by atoms with E-state index >= 15 is 0 Å². The standard InChI is InChI=1S/C14H17N3O3S.C9H12O/c1-16-14-10(7-15)9-5-6-17(8-11(9)21-14)12(18)3-4-13(19)20-2;1-3-4-6-9(2)7-5-8-10/h16H,3-6,8H2,1-2H3;3-4,6,8H,1-2,5,7H2/b;6-4-. The summed E-state index contributed by atoms with van der Waals surface area (Å²) in [5, 5.41) is 13.1. The lowest BCUT2D eigenvalue weighted by Crippen LogP contribution is -2.35. The summed E-state index contributed by atoms with van der Waals surface area (Å²) in [4.78, 5) is 35.9. The molecule has 0 spiro atoms. The zero-order valence-electron chi connectivity index (χ0n) is 18.1. The molecule has 1 amide bonds. The van der Waals surface area contributed by atoms with E-state index in [1.807, 2.05) is 12.2 Å². The molecule has 8 heteroatoms. The van der Waals surface area contributed by atoms with E-state index in [1.165, 1.54) is 18.4 Å². The second-order valence-corrected chi connectivity index (χ2v) is 7.77. The van der Waals surface area contributed by atoms with Crippen LogP contribution in [-0.4, -0.2) is 43.8 Å². The number of anilines is 1. The first kappa shape index (κ1) is 25.9. The highest BCUT2D eigenvalue weighted by molar-refractivity contribution is 7.16. The molecule has 31 heavy (non-hydrogen) atoms. The summed E-state index contributed by atoms with van der Waals surface area (Å²) >= 11 is 1.52. The summed E-state index contributed by atoms with van der Waals surface area (Å²) in [5.74, 6) is -0.426. The van der Waals surface area contributed by atoms with Crippen LogP contribution in [0.4, 0.5) is 5.00 Å². The number of methoxy groups -OCH3 is 1. The maximum Gasteiger partial charge on any atom is 0.306 e. The van der Waals surface area contributed by atoms with Gasteiger partial charge in [-0.15, -0.1) is 11.3 Å². The fourth-order valence-electron chi connectivity index (χ4n) is 2.91. The van der Waals surface area contributed by atoms with Crippen molar-refractivity contribution in [3.8, 4) is 6.07 Å². The highest BCUT2D eigenvalue weighted by Gasteiger charge is 2.26. The van der Waals surface area contributed by atoms with Gasteiger partial charge in [0.2, 0.25) is 5.91 Å². The summed E-state index contributed by atoms with van der Waals surface area (Å²) in [6, 6.07) is 2.23. The molecule has 1 aliphatic heterocycles. The highest BCUT2D eigenvalue weighted by atomic mass is 32.1. The molecule has 1 N–H and O–H groups in total. The Balaban J connectivity index is 0.000000407. The molecule has 0 bridgehead atoms. The van der Waals surface area contributed by atoms with Crippen molar-refractivity contribution in [3.63, 3.8) is 0 Å². The minimum absolute atomic E-state index is 0.0519. The van der Waals surface area contributed by atoms with Crippen LogP contribution >= 0.6 is 11.3 Å². The molecular weight excluding hydrogens is 414 g/mol. The first-order chi connectivity index (χ1) is 14.9. The second-order valence-electron chi connectivity index (χ2n) is 6.67. The monoisotopic (exact) mass is 443 g/mol. The SMILES string of the molecule is C=C/C=C\C(=C)CCC=O.CNc1sc2c(c1C#N)CCN(C(=O)CCC(=O)OC)C2. The number of nitrogens with zero attached hydrogens (tertiary/aromatic N) is 2. The van der Waals surface area contributed by atoms with E-state index in [2.05, 4.69) is 29.3 Å². The van der Waals surface area contributed by atoms with Crippen LogP contribution in [0.1, 0.15) is 41.7 Å². The Morgan fingerprint density at radius 1 is 1.35 bits per heavy atom. The molecule has 0 unspecified atom stereocenters. The fraction of sp³-hybridized carbons (Fsp3) is 0.391. The molecule has 2 heterocycles. The van der Waals surface area contributed by atoms with Gasteiger partial charge in [0.1, 0.15) is 17.4 Å². The fourth-order valence-corrected chi connectivity index (χ4v) is 4.08. The van der Waals surface area contributed by atoms with Crippen LogP contribution in [-0.2, 0) is 32.1 Å². The van der Waals surface area contributed by atoms with Crippen LogP contribution < -0.4 is 5.32 Å². The number of carbonyl (C=O) groups is 3. The van der Waals surface area contributed by atoms with Crippen molar-refractivity contribution in [3.05, 3.63) is 53.0 Å². The van der Waals surface area contributed by atoms with Gasteiger partial charge < -0.3 is 19.7 Å². The number of nitriles is 1. The predicted molar refractivity (Wildman–Crippen MR) is 123 cm³/mol. The Labute approximate surface area is 187 Å². The van der Waals surface area contributed by atoms with E-state index in [0.717, 1.165) is 33.7 Å². The predicted octanol–water partition coefficient (Wildman–Crippen LogP) is 3.76. The Morgan fingerprint density at radius 2 is 2.10 bits per heavy atom. The van der Waals surface area contributed by atoms with Crippen molar-refractivity contribution in [1.82, 2.24) is 4.90 Å². The summed E-state index contributed by atoms with van der Waals surface area (Å²) in [7, 11) is 3.10. The van der Waals surface area contributed by atoms with Gasteiger partial charge in [-0.2, -0.15) is 5.26 Å². The van der Waals surface area contributed by atoms with Crippen LogP contribution in [0, 0.1) is 11.3 Å². The molecule has 166 valence electrons. The molecule has 0 aliphatic carbocycles. The number of hydrogen-bond donors (Lipinski definition) is 1. The molecule has 0 radical (unpaired) electrons. The van der Waals surface area contributed by atoms with Crippen LogP contribution in [0.25, 0.3) is 0 Å². The van der Waals surface area contributed by atoms with Crippen molar-refractivity contribution in [2.45, 2.75) is 38.6 Å². The number of carbonyl (C=O) groups excluding carboxylic acids is 3. The van der Waals surface area contributed by atoms with E-state index in [4.69, 9.17) is 0 Å². The van der Waals surface area contributed by atoms with E-state index in [9.17, 15) is 19.6 Å². The van der Waals surface area contributed by atoms with E-state index < -0.39 is 0 Å². The second kappa shape index (κ2) is 13.9. The normalized spacial score (nSPS) is 12.1. The molecule has 0 saturated heterocycles. The average Bonchev–Trinajstić information content (AvgIpc) is 3.16. The van der Waals surface area contributed by atoms with E-state index in [0.29, 0.717) is 31.5 Å². The lowest BCUT2D eigenvalue weighted by atomic mass is 10.0. The van der Waals surface area contributed by atoms with Gasteiger partial charge in [0, 0.05) is 31.3 Å². The third kappa shape index (κ3) is 8.22. The third-order valence-electron chi connectivity index (χ3n) is 4.57. The smallest absolute Gasteiger partial charge is 0.306 e. The van der Waals surface area contributed by atoms with Gasteiger partial charge in [0.05, 0.1) is 25.6 Å². The minimum Gasteiger partial charge on any atom is -0.469 e. The lowest BCUT2D eigenvalue weighted by molar-refractivity contribution is -0.143.